The predicted octanol–water partition coefficient (Wildman–Crippen LogP) is 0.507. The van der Waals surface area contributed by atoms with Crippen molar-refractivity contribution >= 4 is 0 Å². The average Bonchev–Trinajstić information content (AvgIpc) is 2.27. The summed E-state index contributed by atoms with van der Waals surface area (Å²) in [5.41, 5.74) is 0.291. The third kappa shape index (κ3) is 0.319. The summed E-state index contributed by atoms with van der Waals surface area (Å²) in [7, 11) is 0. The van der Waals surface area contributed by atoms with Crippen molar-refractivity contribution in [2.24, 2.45) is 11.8 Å². The molecule has 3 aliphatic rings. The van der Waals surface area contributed by atoms with Gasteiger partial charge in [-0.2, -0.15) is 0 Å². The molecule has 1 aliphatic heterocycles. The molecule has 3 unspecified atom stereocenters. The second-order valence-electron chi connectivity index (χ2n) is 3.59. The van der Waals surface area contributed by atoms with Crippen LogP contribution < -0.4 is 5.32 Å². The van der Waals surface area contributed by atoms with Crippen molar-refractivity contribution in [3.63, 3.8) is 0 Å². The molecule has 54 valence electrons. The molecule has 0 aromatic carbocycles. The highest BCUT2D eigenvalue weighted by Gasteiger charge is 2.65. The number of rotatable bonds is 0. The lowest BCUT2D eigenvalue weighted by Gasteiger charge is -2.58. The normalized spacial score (nSPS) is 62.3. The lowest BCUT2D eigenvalue weighted by molar-refractivity contribution is -0.0661. The molecule has 1 heterocycles. The minimum atomic E-state index is 0.291. The Bertz CT molecular complexity index is 213. The minimum Gasteiger partial charge on any atom is -0.360 e. The van der Waals surface area contributed by atoms with E-state index in [1.54, 1.807) is 0 Å². The molecule has 1 saturated carbocycles. The van der Waals surface area contributed by atoms with E-state index in [0.29, 0.717) is 11.6 Å². The van der Waals surface area contributed by atoms with Gasteiger partial charge in [-0.05, 0) is 5.92 Å². The van der Waals surface area contributed by atoms with E-state index in [1.165, 1.54) is 0 Å². The predicted molar refractivity (Wildman–Crippen MR) is 37.4 cm³/mol. The fourth-order valence-corrected chi connectivity index (χ4v) is 2.64. The molecule has 0 amide bonds. The van der Waals surface area contributed by atoms with E-state index >= 15 is 0 Å². The Labute approximate surface area is 60.3 Å². The Kier molecular flexibility index (Phi) is 0.701. The zero-order chi connectivity index (χ0) is 6.77. The van der Waals surface area contributed by atoms with Crippen LogP contribution >= 0.6 is 0 Å². The molecule has 3 rings (SSSR count). The van der Waals surface area contributed by atoms with E-state index in [1.807, 2.05) is 0 Å². The zero-order valence-electron chi connectivity index (χ0n) is 6.00. The van der Waals surface area contributed by atoms with Crippen LogP contribution in [0.15, 0.2) is 12.2 Å². The maximum Gasteiger partial charge on any atom is 0.0977 e. The molecular formula is C8H11NO. The van der Waals surface area contributed by atoms with Crippen LogP contribution in [0.25, 0.3) is 0 Å². The maximum atomic E-state index is 5.53. The van der Waals surface area contributed by atoms with Crippen molar-refractivity contribution in [1.29, 1.82) is 0 Å². The van der Waals surface area contributed by atoms with Crippen LogP contribution in [-0.4, -0.2) is 18.4 Å². The molecule has 2 heteroatoms. The topological polar surface area (TPSA) is 21.3 Å². The monoisotopic (exact) mass is 137 g/mol. The molecule has 10 heavy (non-hydrogen) atoms. The average molecular weight is 137 g/mol. The number of hydrogen-bond donors (Lipinski definition) is 1. The van der Waals surface area contributed by atoms with Gasteiger partial charge >= 0.3 is 0 Å². The number of nitrogens with one attached hydrogen (secondary N) is 1. The maximum absolute atomic E-state index is 5.53. The van der Waals surface area contributed by atoms with Crippen LogP contribution in [0.4, 0.5) is 0 Å². The summed E-state index contributed by atoms with van der Waals surface area (Å²) in [6.07, 6.45) is 5.03. The van der Waals surface area contributed by atoms with Gasteiger partial charge in [0.2, 0.25) is 0 Å². The third-order valence-corrected chi connectivity index (χ3v) is 3.29. The molecular weight excluding hydrogens is 126 g/mol. The molecule has 0 radical (unpaired) electrons. The van der Waals surface area contributed by atoms with Gasteiger partial charge in [0, 0.05) is 5.92 Å². The molecule has 0 bridgehead atoms. The quantitative estimate of drug-likeness (QED) is 0.491. The fraction of sp³-hybridized carbons (Fsp3) is 0.750. The molecule has 2 nitrogen and oxygen atoms in total. The van der Waals surface area contributed by atoms with Gasteiger partial charge in [0.25, 0.3) is 0 Å². The Hall–Kier alpha value is -0.340. The van der Waals surface area contributed by atoms with E-state index in [-0.39, 0.29) is 0 Å². The Morgan fingerprint density at radius 3 is 3.20 bits per heavy atom. The summed E-state index contributed by atoms with van der Waals surface area (Å²) in [6.45, 7) is 3.01. The second-order valence-corrected chi connectivity index (χ2v) is 3.59. The zero-order valence-corrected chi connectivity index (χ0v) is 6.00. The van der Waals surface area contributed by atoms with Gasteiger partial charge in [0.1, 0.15) is 0 Å². The summed E-state index contributed by atoms with van der Waals surface area (Å²) in [4.78, 5) is 0. The lowest BCUT2D eigenvalue weighted by Crippen LogP contribution is -2.70. The van der Waals surface area contributed by atoms with E-state index < -0.39 is 0 Å². The molecule has 0 aromatic heterocycles. The van der Waals surface area contributed by atoms with Gasteiger partial charge in [-0.25, -0.2) is 0 Å². The molecule has 2 fully saturated rings. The Balaban J connectivity index is 2.02. The van der Waals surface area contributed by atoms with Crippen molar-refractivity contribution in [3.8, 4) is 0 Å². The number of ether oxygens (including phenoxy) is 1. The van der Waals surface area contributed by atoms with Crippen LogP contribution in [0.5, 0.6) is 0 Å². The minimum absolute atomic E-state index is 0.291. The third-order valence-electron chi connectivity index (χ3n) is 3.29. The molecule has 2 aliphatic carbocycles. The molecule has 1 spiro atoms. The Morgan fingerprint density at radius 1 is 1.70 bits per heavy atom. The first-order chi connectivity index (χ1) is 4.84. The van der Waals surface area contributed by atoms with Crippen LogP contribution in [-0.2, 0) is 4.74 Å². The van der Waals surface area contributed by atoms with Gasteiger partial charge in [0.05, 0.1) is 18.4 Å². The first-order valence-electron chi connectivity index (χ1n) is 3.90. The van der Waals surface area contributed by atoms with Crippen LogP contribution in [0.3, 0.4) is 0 Å². The summed E-state index contributed by atoms with van der Waals surface area (Å²) >= 11 is 0. The largest absolute Gasteiger partial charge is 0.360 e. The number of hydrogen-bond acceptors (Lipinski definition) is 2. The van der Waals surface area contributed by atoms with E-state index in [9.17, 15) is 0 Å². The van der Waals surface area contributed by atoms with Crippen molar-refractivity contribution in [2.75, 3.05) is 6.73 Å². The van der Waals surface area contributed by atoms with Crippen molar-refractivity contribution < 1.29 is 4.74 Å². The molecule has 4 atom stereocenters. The first-order valence-corrected chi connectivity index (χ1v) is 3.90. The lowest BCUT2D eigenvalue weighted by atomic mass is 9.52. The van der Waals surface area contributed by atoms with Crippen molar-refractivity contribution in [1.82, 2.24) is 5.32 Å². The SMILES string of the molecule is CC1C2OCNC23C=C[C@@H]13. The smallest absolute Gasteiger partial charge is 0.0977 e. The standard InChI is InChI=1S/C8H11NO/c1-5-6-2-3-8(6)7(5)10-4-9-8/h2-3,5-7,9H,4H2,1H3/t5?,6-,7?,8?/m0/s1. The van der Waals surface area contributed by atoms with Crippen LogP contribution in [0.1, 0.15) is 6.92 Å². The second kappa shape index (κ2) is 1.31. The molecule has 1 saturated heterocycles. The fourth-order valence-electron chi connectivity index (χ4n) is 2.64. The van der Waals surface area contributed by atoms with Crippen LogP contribution in [0, 0.1) is 11.8 Å². The van der Waals surface area contributed by atoms with Crippen molar-refractivity contribution in [3.05, 3.63) is 12.2 Å². The van der Waals surface area contributed by atoms with Gasteiger partial charge in [0.15, 0.2) is 0 Å². The highest BCUT2D eigenvalue weighted by molar-refractivity contribution is 5.38. The van der Waals surface area contributed by atoms with Gasteiger partial charge < -0.3 is 4.74 Å². The van der Waals surface area contributed by atoms with Gasteiger partial charge in [-0.15, -0.1) is 0 Å². The van der Waals surface area contributed by atoms with E-state index in [2.05, 4.69) is 24.4 Å². The van der Waals surface area contributed by atoms with E-state index in [4.69, 9.17) is 4.74 Å². The summed E-state index contributed by atoms with van der Waals surface area (Å²) in [5.74, 6) is 1.50. The van der Waals surface area contributed by atoms with Gasteiger partial charge in [-0.1, -0.05) is 19.1 Å². The Morgan fingerprint density at radius 2 is 2.60 bits per heavy atom. The van der Waals surface area contributed by atoms with Crippen molar-refractivity contribution in [2.45, 2.75) is 18.6 Å². The van der Waals surface area contributed by atoms with E-state index in [0.717, 1.165) is 18.6 Å². The molecule has 0 aromatic rings. The summed E-state index contributed by atoms with van der Waals surface area (Å²) in [6, 6.07) is 0. The highest BCUT2D eigenvalue weighted by atomic mass is 16.5. The first kappa shape index (κ1) is 5.33. The molecule has 1 N–H and O–H groups in total. The van der Waals surface area contributed by atoms with Gasteiger partial charge in [-0.3, -0.25) is 5.32 Å². The highest BCUT2D eigenvalue weighted by Crippen LogP contribution is 2.55. The summed E-state index contributed by atoms with van der Waals surface area (Å²) < 4.78 is 5.53. The van der Waals surface area contributed by atoms with Crippen LogP contribution in [0.2, 0.25) is 0 Å². The summed E-state index contributed by atoms with van der Waals surface area (Å²) in [5, 5.41) is 3.39.